The number of carbonyl (C=O) groups is 1. The minimum Gasteiger partial charge on any atom is -0.315 e. The number of nitrogens with zero attached hydrogens (tertiary/aromatic N) is 1. The molecule has 0 fully saturated rings. The summed E-state index contributed by atoms with van der Waals surface area (Å²) in [6.07, 6.45) is 0.284. The van der Waals surface area contributed by atoms with Crippen molar-refractivity contribution in [3.8, 4) is 0 Å². The number of nitrogens with one attached hydrogen (secondary N) is 1. The summed E-state index contributed by atoms with van der Waals surface area (Å²) >= 11 is 6.75. The molecule has 0 radical (unpaired) electrons. The zero-order valence-corrected chi connectivity index (χ0v) is 13.3. The summed E-state index contributed by atoms with van der Waals surface area (Å²) in [7, 11) is -1.95. The molecule has 2 aromatic rings. The molecule has 0 atom stereocenters. The number of anilines is 2. The molecule has 2 heterocycles. The van der Waals surface area contributed by atoms with Gasteiger partial charge in [-0.15, -0.1) is 11.3 Å². The Morgan fingerprint density at radius 3 is 2.71 bits per heavy atom. The van der Waals surface area contributed by atoms with Crippen LogP contribution in [-0.4, -0.2) is 21.4 Å². The van der Waals surface area contributed by atoms with E-state index in [2.05, 4.69) is 4.72 Å². The molecule has 8 heteroatoms. The van der Waals surface area contributed by atoms with Crippen LogP contribution in [0.4, 0.5) is 11.4 Å². The third-order valence-corrected chi connectivity index (χ3v) is 6.33. The van der Waals surface area contributed by atoms with Crippen molar-refractivity contribution in [2.45, 2.75) is 10.6 Å². The van der Waals surface area contributed by atoms with Crippen molar-refractivity contribution in [1.29, 1.82) is 0 Å². The van der Waals surface area contributed by atoms with Crippen molar-refractivity contribution < 1.29 is 13.2 Å². The van der Waals surface area contributed by atoms with Crippen LogP contribution in [0.5, 0.6) is 0 Å². The van der Waals surface area contributed by atoms with E-state index in [4.69, 9.17) is 11.6 Å². The van der Waals surface area contributed by atoms with Crippen LogP contribution >= 0.6 is 22.9 Å². The van der Waals surface area contributed by atoms with Gasteiger partial charge in [0.1, 0.15) is 4.21 Å². The number of hydrogen-bond donors (Lipinski definition) is 1. The SMILES string of the molecule is CN1C(=O)Cc2cc(NS(=O)(=O)c3ccc(Cl)s3)ccc21. The van der Waals surface area contributed by atoms with E-state index in [1.165, 1.54) is 12.1 Å². The van der Waals surface area contributed by atoms with E-state index < -0.39 is 10.0 Å². The zero-order valence-electron chi connectivity index (χ0n) is 11.0. The fourth-order valence-corrected chi connectivity index (χ4v) is 4.71. The number of sulfonamides is 1. The van der Waals surface area contributed by atoms with Crippen LogP contribution in [-0.2, 0) is 21.2 Å². The molecule has 1 aromatic carbocycles. The normalized spacial score (nSPS) is 14.4. The highest BCUT2D eigenvalue weighted by atomic mass is 35.5. The van der Waals surface area contributed by atoms with Gasteiger partial charge < -0.3 is 4.90 Å². The van der Waals surface area contributed by atoms with Crippen LogP contribution in [0.1, 0.15) is 5.56 Å². The second-order valence-electron chi connectivity index (χ2n) is 4.64. The number of fused-ring (bicyclic) bond motifs is 1. The molecule has 0 saturated heterocycles. The van der Waals surface area contributed by atoms with Crippen molar-refractivity contribution >= 4 is 50.2 Å². The van der Waals surface area contributed by atoms with Crippen molar-refractivity contribution in [1.82, 2.24) is 0 Å². The Hall–Kier alpha value is -1.57. The van der Waals surface area contributed by atoms with Crippen molar-refractivity contribution in [2.24, 2.45) is 0 Å². The van der Waals surface area contributed by atoms with Crippen LogP contribution in [0.15, 0.2) is 34.5 Å². The molecule has 0 spiro atoms. The molecule has 1 aliphatic rings. The molecular weight excluding hydrogens is 332 g/mol. The van der Waals surface area contributed by atoms with Gasteiger partial charge in [-0.3, -0.25) is 9.52 Å². The summed E-state index contributed by atoms with van der Waals surface area (Å²) in [6, 6.07) is 8.06. The summed E-state index contributed by atoms with van der Waals surface area (Å²) in [5.74, 6) is -0.00459. The molecule has 0 unspecified atom stereocenters. The van der Waals surface area contributed by atoms with Crippen LogP contribution in [0, 0.1) is 0 Å². The van der Waals surface area contributed by atoms with E-state index in [1.807, 2.05) is 0 Å². The highest BCUT2D eigenvalue weighted by Crippen LogP contribution is 2.32. The van der Waals surface area contributed by atoms with E-state index in [0.29, 0.717) is 10.0 Å². The molecule has 110 valence electrons. The Labute approximate surface area is 131 Å². The fourth-order valence-electron chi connectivity index (χ4n) is 2.18. The lowest BCUT2D eigenvalue weighted by molar-refractivity contribution is -0.117. The molecular formula is C13H11ClN2O3S2. The number of likely N-dealkylation sites (N-methyl/N-ethyl adjacent to an activating group) is 1. The van der Waals surface area contributed by atoms with Gasteiger partial charge in [0.05, 0.1) is 10.8 Å². The molecule has 1 aromatic heterocycles. The summed E-state index contributed by atoms with van der Waals surface area (Å²) < 4.78 is 27.5. The Morgan fingerprint density at radius 2 is 2.05 bits per heavy atom. The van der Waals surface area contributed by atoms with Gasteiger partial charge in [0.25, 0.3) is 10.0 Å². The molecule has 0 aliphatic carbocycles. The summed E-state index contributed by atoms with van der Waals surface area (Å²) in [4.78, 5) is 13.2. The van der Waals surface area contributed by atoms with Gasteiger partial charge in [0, 0.05) is 18.4 Å². The molecule has 0 saturated carbocycles. The Balaban J connectivity index is 1.90. The average molecular weight is 343 g/mol. The monoisotopic (exact) mass is 342 g/mol. The number of amides is 1. The quantitative estimate of drug-likeness (QED) is 0.932. The van der Waals surface area contributed by atoms with Gasteiger partial charge in [-0.2, -0.15) is 0 Å². The van der Waals surface area contributed by atoms with Gasteiger partial charge >= 0.3 is 0 Å². The first-order chi connectivity index (χ1) is 9.87. The lowest BCUT2D eigenvalue weighted by Gasteiger charge is -2.11. The second kappa shape index (κ2) is 5.01. The molecule has 1 N–H and O–H groups in total. The largest absolute Gasteiger partial charge is 0.315 e. The highest BCUT2D eigenvalue weighted by molar-refractivity contribution is 7.94. The van der Waals surface area contributed by atoms with Crippen molar-refractivity contribution in [3.05, 3.63) is 40.2 Å². The number of benzene rings is 1. The molecule has 1 amide bonds. The maximum absolute atomic E-state index is 12.2. The minimum absolute atomic E-state index is 0.00459. The molecule has 21 heavy (non-hydrogen) atoms. The first-order valence-electron chi connectivity index (χ1n) is 6.04. The van der Waals surface area contributed by atoms with Gasteiger partial charge in [-0.05, 0) is 35.9 Å². The van der Waals surface area contributed by atoms with E-state index in [9.17, 15) is 13.2 Å². The van der Waals surface area contributed by atoms with E-state index in [0.717, 1.165) is 22.6 Å². The lowest BCUT2D eigenvalue weighted by atomic mass is 10.1. The molecule has 0 bridgehead atoms. The Kier molecular flexibility index (Phi) is 3.43. The number of carbonyl (C=O) groups excluding carboxylic acids is 1. The van der Waals surface area contributed by atoms with Gasteiger partial charge in [0.2, 0.25) is 5.91 Å². The van der Waals surface area contributed by atoms with E-state index in [1.54, 1.807) is 30.1 Å². The third kappa shape index (κ3) is 2.64. The smallest absolute Gasteiger partial charge is 0.271 e. The predicted molar refractivity (Wildman–Crippen MR) is 83.7 cm³/mol. The standard InChI is InChI=1S/C13H11ClN2O3S2/c1-16-10-3-2-9(6-8(10)7-12(16)17)15-21(18,19)13-5-4-11(14)20-13/h2-6,15H,7H2,1H3. The third-order valence-electron chi connectivity index (χ3n) is 3.22. The average Bonchev–Trinajstić information content (AvgIpc) is 2.95. The predicted octanol–water partition coefficient (Wildman–Crippen LogP) is 2.72. The fraction of sp³-hybridized carbons (Fsp3) is 0.154. The first kappa shape index (κ1) is 14.4. The van der Waals surface area contributed by atoms with Crippen molar-refractivity contribution in [3.63, 3.8) is 0 Å². The van der Waals surface area contributed by atoms with E-state index in [-0.39, 0.29) is 16.5 Å². The van der Waals surface area contributed by atoms with Gasteiger partial charge in [0.15, 0.2) is 0 Å². The molecule has 5 nitrogen and oxygen atoms in total. The van der Waals surface area contributed by atoms with Gasteiger partial charge in [-0.1, -0.05) is 11.6 Å². The summed E-state index contributed by atoms with van der Waals surface area (Å²) in [6.45, 7) is 0. The van der Waals surface area contributed by atoms with Gasteiger partial charge in [-0.25, -0.2) is 8.42 Å². The maximum atomic E-state index is 12.2. The molecule has 3 rings (SSSR count). The lowest BCUT2D eigenvalue weighted by Crippen LogP contribution is -2.20. The summed E-state index contributed by atoms with van der Waals surface area (Å²) in [5.41, 5.74) is 2.05. The van der Waals surface area contributed by atoms with E-state index >= 15 is 0 Å². The number of halogens is 1. The highest BCUT2D eigenvalue weighted by Gasteiger charge is 2.25. The maximum Gasteiger partial charge on any atom is 0.271 e. The van der Waals surface area contributed by atoms with Crippen LogP contribution < -0.4 is 9.62 Å². The first-order valence-corrected chi connectivity index (χ1v) is 8.72. The second-order valence-corrected chi connectivity index (χ2v) is 8.26. The van der Waals surface area contributed by atoms with Crippen LogP contribution in [0.3, 0.4) is 0 Å². The molecule has 1 aliphatic heterocycles. The Morgan fingerprint density at radius 1 is 1.29 bits per heavy atom. The number of thiophene rings is 1. The number of rotatable bonds is 3. The Bertz CT molecular complexity index is 830. The van der Waals surface area contributed by atoms with Crippen LogP contribution in [0.25, 0.3) is 0 Å². The topological polar surface area (TPSA) is 66.5 Å². The minimum atomic E-state index is -3.65. The van der Waals surface area contributed by atoms with Crippen molar-refractivity contribution in [2.75, 3.05) is 16.7 Å². The summed E-state index contributed by atoms with van der Waals surface area (Å²) in [5, 5.41) is 0. The van der Waals surface area contributed by atoms with Crippen LogP contribution in [0.2, 0.25) is 4.34 Å². The zero-order chi connectivity index (χ0) is 15.2. The number of hydrogen-bond acceptors (Lipinski definition) is 4.